The molecule has 0 saturated carbocycles. The summed E-state index contributed by atoms with van der Waals surface area (Å²) in [6, 6.07) is 9.83. The third kappa shape index (κ3) is 3.90. The molecule has 0 aliphatic heterocycles. The summed E-state index contributed by atoms with van der Waals surface area (Å²) in [6.07, 6.45) is 0.507. The minimum atomic E-state index is -0.200. The maximum atomic E-state index is 12.3. The van der Waals surface area contributed by atoms with Crippen molar-refractivity contribution in [3.63, 3.8) is 0 Å². The molecule has 142 valence electrons. The molecule has 0 fully saturated rings. The first-order chi connectivity index (χ1) is 12.8. The fourth-order valence-electron chi connectivity index (χ4n) is 3.77. The summed E-state index contributed by atoms with van der Waals surface area (Å²) in [4.78, 5) is 24.7. The predicted molar refractivity (Wildman–Crippen MR) is 107 cm³/mol. The van der Waals surface area contributed by atoms with Crippen LogP contribution >= 0.6 is 0 Å². The largest absolute Gasteiger partial charge is 0.483 e. The number of rotatable bonds is 5. The Bertz CT molecular complexity index is 901. The van der Waals surface area contributed by atoms with E-state index in [0.717, 1.165) is 16.7 Å². The number of carbonyl (C=O) groups is 2. The highest BCUT2D eigenvalue weighted by atomic mass is 16.5. The Kier molecular flexibility index (Phi) is 5.36. The Balaban J connectivity index is 1.66. The highest BCUT2D eigenvalue weighted by Gasteiger charge is 2.31. The highest BCUT2D eigenvalue weighted by molar-refractivity contribution is 6.04. The molecule has 0 heterocycles. The molecule has 2 aromatic carbocycles. The number of carbonyl (C=O) groups excluding carboxylic acids is 2. The van der Waals surface area contributed by atoms with Gasteiger partial charge in [-0.15, -0.1) is 0 Å². The second kappa shape index (κ2) is 7.55. The predicted octanol–water partition coefficient (Wildman–Crippen LogP) is 4.56. The molecule has 1 aliphatic rings. The molecule has 0 radical (unpaired) electrons. The molecule has 0 saturated heterocycles. The zero-order valence-corrected chi connectivity index (χ0v) is 16.7. The SMILES string of the molecule is Cc1ccc(C(C)NC(=O)COc2ccc(C)c3c2C(=O)CC3C)cc1C. The lowest BCUT2D eigenvalue weighted by Gasteiger charge is -2.17. The summed E-state index contributed by atoms with van der Waals surface area (Å²) in [6.45, 7) is 10.0. The molecule has 27 heavy (non-hydrogen) atoms. The summed E-state index contributed by atoms with van der Waals surface area (Å²) in [7, 11) is 0. The molecule has 1 aliphatic carbocycles. The number of hydrogen-bond donors (Lipinski definition) is 1. The van der Waals surface area contributed by atoms with E-state index < -0.39 is 0 Å². The standard InChI is InChI=1S/C23H27NO3/c1-13-6-8-18(10-15(13)3)17(5)24-21(26)12-27-20-9-7-14(2)22-16(4)11-19(25)23(20)22/h6-10,16-17H,11-12H2,1-5H3,(H,24,26). The molecule has 2 unspecified atom stereocenters. The number of ketones is 1. The van der Waals surface area contributed by atoms with Gasteiger partial charge in [0.15, 0.2) is 12.4 Å². The van der Waals surface area contributed by atoms with Crippen LogP contribution in [0.3, 0.4) is 0 Å². The molecule has 3 rings (SSSR count). The van der Waals surface area contributed by atoms with Gasteiger partial charge in [0.2, 0.25) is 0 Å². The van der Waals surface area contributed by atoms with Crippen LogP contribution in [0.4, 0.5) is 0 Å². The van der Waals surface area contributed by atoms with E-state index >= 15 is 0 Å². The first-order valence-corrected chi connectivity index (χ1v) is 9.44. The summed E-state index contributed by atoms with van der Waals surface area (Å²) < 4.78 is 5.73. The third-order valence-electron chi connectivity index (χ3n) is 5.46. The third-order valence-corrected chi connectivity index (χ3v) is 5.46. The molecular weight excluding hydrogens is 338 g/mol. The second-order valence-corrected chi connectivity index (χ2v) is 7.62. The summed E-state index contributed by atoms with van der Waals surface area (Å²) in [5.41, 5.74) is 6.30. The molecule has 0 spiro atoms. The van der Waals surface area contributed by atoms with Crippen molar-refractivity contribution < 1.29 is 14.3 Å². The van der Waals surface area contributed by atoms with Gasteiger partial charge >= 0.3 is 0 Å². The molecule has 2 atom stereocenters. The number of aryl methyl sites for hydroxylation is 3. The molecule has 1 amide bonds. The molecule has 0 bridgehead atoms. The van der Waals surface area contributed by atoms with Crippen LogP contribution in [0.25, 0.3) is 0 Å². The van der Waals surface area contributed by atoms with Crippen LogP contribution in [0.2, 0.25) is 0 Å². The van der Waals surface area contributed by atoms with Gasteiger partial charge in [-0.2, -0.15) is 0 Å². The average Bonchev–Trinajstić information content (AvgIpc) is 2.92. The minimum Gasteiger partial charge on any atom is -0.483 e. The summed E-state index contributed by atoms with van der Waals surface area (Å²) in [5.74, 6) is 0.613. The van der Waals surface area contributed by atoms with E-state index in [-0.39, 0.29) is 30.3 Å². The van der Waals surface area contributed by atoms with Crippen molar-refractivity contribution in [1.29, 1.82) is 0 Å². The van der Waals surface area contributed by atoms with Crippen LogP contribution in [-0.4, -0.2) is 18.3 Å². The van der Waals surface area contributed by atoms with Crippen LogP contribution in [0.1, 0.15) is 70.4 Å². The Hall–Kier alpha value is -2.62. The van der Waals surface area contributed by atoms with E-state index in [2.05, 4.69) is 38.2 Å². The lowest BCUT2D eigenvalue weighted by molar-refractivity contribution is -0.123. The normalized spacial score (nSPS) is 16.8. The van der Waals surface area contributed by atoms with Crippen LogP contribution in [0.5, 0.6) is 5.75 Å². The van der Waals surface area contributed by atoms with Gasteiger partial charge in [-0.25, -0.2) is 0 Å². The van der Waals surface area contributed by atoms with Crippen LogP contribution in [0.15, 0.2) is 30.3 Å². The summed E-state index contributed by atoms with van der Waals surface area (Å²) >= 11 is 0. The summed E-state index contributed by atoms with van der Waals surface area (Å²) in [5, 5.41) is 2.96. The molecule has 1 N–H and O–H groups in total. The highest BCUT2D eigenvalue weighted by Crippen LogP contribution is 2.40. The van der Waals surface area contributed by atoms with Crippen molar-refractivity contribution >= 4 is 11.7 Å². The van der Waals surface area contributed by atoms with Crippen LogP contribution < -0.4 is 10.1 Å². The van der Waals surface area contributed by atoms with Gasteiger partial charge in [0.05, 0.1) is 11.6 Å². The smallest absolute Gasteiger partial charge is 0.258 e. The Morgan fingerprint density at radius 2 is 1.85 bits per heavy atom. The van der Waals surface area contributed by atoms with E-state index in [1.165, 1.54) is 11.1 Å². The van der Waals surface area contributed by atoms with Crippen molar-refractivity contribution in [2.75, 3.05) is 6.61 Å². The van der Waals surface area contributed by atoms with E-state index in [1.54, 1.807) is 6.07 Å². The van der Waals surface area contributed by atoms with Gasteiger partial charge < -0.3 is 10.1 Å². The lowest BCUT2D eigenvalue weighted by Crippen LogP contribution is -2.31. The second-order valence-electron chi connectivity index (χ2n) is 7.62. The van der Waals surface area contributed by atoms with Gasteiger partial charge in [0.1, 0.15) is 5.75 Å². The number of hydrogen-bond acceptors (Lipinski definition) is 3. The van der Waals surface area contributed by atoms with Crippen molar-refractivity contribution in [3.8, 4) is 5.75 Å². The van der Waals surface area contributed by atoms with Crippen LogP contribution in [-0.2, 0) is 4.79 Å². The first kappa shape index (κ1) is 19.2. The minimum absolute atomic E-state index is 0.0973. The Morgan fingerprint density at radius 1 is 1.15 bits per heavy atom. The number of benzene rings is 2. The number of amides is 1. The van der Waals surface area contributed by atoms with E-state index in [4.69, 9.17) is 4.74 Å². The van der Waals surface area contributed by atoms with Gasteiger partial charge in [-0.3, -0.25) is 9.59 Å². The van der Waals surface area contributed by atoms with E-state index in [0.29, 0.717) is 17.7 Å². The molecule has 4 nitrogen and oxygen atoms in total. The Morgan fingerprint density at radius 3 is 2.56 bits per heavy atom. The van der Waals surface area contributed by atoms with Gasteiger partial charge in [0, 0.05) is 6.42 Å². The molecule has 2 aromatic rings. The quantitative estimate of drug-likeness (QED) is 0.845. The maximum Gasteiger partial charge on any atom is 0.258 e. The van der Waals surface area contributed by atoms with Gasteiger partial charge in [-0.1, -0.05) is 31.2 Å². The van der Waals surface area contributed by atoms with Crippen molar-refractivity contribution in [2.45, 2.75) is 53.0 Å². The number of Topliss-reactive ketones (excluding diaryl/α,β-unsaturated/α-hetero) is 1. The monoisotopic (exact) mass is 365 g/mol. The average molecular weight is 365 g/mol. The van der Waals surface area contributed by atoms with Gasteiger partial charge in [0.25, 0.3) is 5.91 Å². The van der Waals surface area contributed by atoms with Crippen molar-refractivity contribution in [3.05, 3.63) is 63.7 Å². The first-order valence-electron chi connectivity index (χ1n) is 9.44. The van der Waals surface area contributed by atoms with E-state index in [9.17, 15) is 9.59 Å². The van der Waals surface area contributed by atoms with Crippen molar-refractivity contribution in [1.82, 2.24) is 5.32 Å². The zero-order valence-electron chi connectivity index (χ0n) is 16.7. The number of nitrogens with one attached hydrogen (secondary N) is 1. The van der Waals surface area contributed by atoms with E-state index in [1.807, 2.05) is 26.0 Å². The molecule has 0 aromatic heterocycles. The Labute approximate surface area is 160 Å². The van der Waals surface area contributed by atoms with Gasteiger partial charge in [-0.05, 0) is 67.5 Å². The molecular formula is C23H27NO3. The topological polar surface area (TPSA) is 55.4 Å². The lowest BCUT2D eigenvalue weighted by atomic mass is 9.97. The maximum absolute atomic E-state index is 12.3. The zero-order chi connectivity index (χ0) is 19.7. The number of fused-ring (bicyclic) bond motifs is 1. The fraction of sp³-hybridized carbons (Fsp3) is 0.391. The number of ether oxygens (including phenoxy) is 1. The fourth-order valence-corrected chi connectivity index (χ4v) is 3.77. The van der Waals surface area contributed by atoms with Crippen LogP contribution in [0, 0.1) is 20.8 Å². The van der Waals surface area contributed by atoms with Crippen molar-refractivity contribution in [2.24, 2.45) is 0 Å². The molecule has 4 heteroatoms.